The topological polar surface area (TPSA) is 77.1 Å². The number of rotatable bonds is 11. The van der Waals surface area contributed by atoms with Crippen LogP contribution in [0.1, 0.15) is 51.2 Å². The minimum atomic E-state index is -4.87. The molecule has 221 valence electrons. The van der Waals surface area contributed by atoms with Gasteiger partial charge in [0.2, 0.25) is 5.91 Å². The number of hydrogen-bond acceptors (Lipinski definition) is 5. The fraction of sp³-hybridized carbons (Fsp3) is 0.444. The van der Waals surface area contributed by atoms with Crippen molar-refractivity contribution in [2.75, 3.05) is 0 Å². The summed E-state index contributed by atoms with van der Waals surface area (Å²) >= 11 is 0. The molecule has 2 aromatic rings. The molecular formula is C27H31F6N2O5. The van der Waals surface area contributed by atoms with E-state index in [1.807, 2.05) is 0 Å². The van der Waals surface area contributed by atoms with Crippen molar-refractivity contribution in [3.05, 3.63) is 66.6 Å². The van der Waals surface area contributed by atoms with Gasteiger partial charge in [-0.15, -0.1) is 26.3 Å². The summed E-state index contributed by atoms with van der Waals surface area (Å²) in [5.74, 6) is -1.44. The molecule has 0 heterocycles. The highest BCUT2D eigenvalue weighted by molar-refractivity contribution is 5.85. The summed E-state index contributed by atoms with van der Waals surface area (Å²) in [7, 11) is 0. The van der Waals surface area contributed by atoms with Crippen LogP contribution in [0.15, 0.2) is 48.5 Å². The molecule has 7 nitrogen and oxygen atoms in total. The van der Waals surface area contributed by atoms with Crippen molar-refractivity contribution < 1.29 is 50.1 Å². The number of carbonyl (C=O) groups excluding carboxylic acids is 2. The van der Waals surface area contributed by atoms with Crippen LogP contribution in [-0.2, 0) is 22.6 Å². The Morgan fingerprint density at radius 1 is 0.825 bits per heavy atom. The van der Waals surface area contributed by atoms with E-state index in [-0.39, 0.29) is 19.5 Å². The second-order valence-electron chi connectivity index (χ2n) is 9.77. The fourth-order valence-electron chi connectivity index (χ4n) is 3.52. The lowest BCUT2D eigenvalue weighted by Crippen LogP contribution is -2.49. The van der Waals surface area contributed by atoms with Crippen molar-refractivity contribution in [1.82, 2.24) is 10.2 Å². The summed E-state index contributed by atoms with van der Waals surface area (Å²) in [4.78, 5) is 27.4. The van der Waals surface area contributed by atoms with Gasteiger partial charge in [-0.3, -0.25) is 4.79 Å². The highest BCUT2D eigenvalue weighted by Gasteiger charge is 2.32. The quantitative estimate of drug-likeness (QED) is 0.294. The van der Waals surface area contributed by atoms with Crippen LogP contribution in [0.3, 0.4) is 0 Å². The molecule has 0 saturated heterocycles. The van der Waals surface area contributed by atoms with E-state index in [2.05, 4.69) is 21.7 Å². The van der Waals surface area contributed by atoms with E-state index in [1.54, 1.807) is 20.8 Å². The Balaban J connectivity index is 2.32. The summed E-state index contributed by atoms with van der Waals surface area (Å²) in [6.45, 7) is 8.53. The number of carbonyl (C=O) groups is 2. The summed E-state index contributed by atoms with van der Waals surface area (Å²) in [6.07, 6.45) is -9.40. The smallest absolute Gasteiger partial charge is 0.444 e. The zero-order valence-corrected chi connectivity index (χ0v) is 22.2. The highest BCUT2D eigenvalue weighted by atomic mass is 19.4. The standard InChI is InChI=1S/C27H31F6N2O5/c1-5-6-7-22(34-24(37)40-25(2,3)4)23(36)35(16-18-8-12-20(13-9-18)38-26(28,29)30)17-19-10-14-21(15-11-19)39-27(31,32)33/h8-15,22H,1,5-7,16-17H2,2-4H3,(H,34,37)/t22-/m0/s1. The maximum atomic E-state index is 13.7. The fourth-order valence-corrected chi connectivity index (χ4v) is 3.52. The third-order valence-electron chi connectivity index (χ3n) is 5.10. The average Bonchev–Trinajstić information content (AvgIpc) is 2.80. The Labute approximate surface area is 228 Å². The molecule has 1 N–H and O–H groups in total. The first-order chi connectivity index (χ1) is 18.4. The van der Waals surface area contributed by atoms with E-state index in [0.29, 0.717) is 24.0 Å². The average molecular weight is 578 g/mol. The highest BCUT2D eigenvalue weighted by Crippen LogP contribution is 2.25. The molecule has 0 fully saturated rings. The van der Waals surface area contributed by atoms with Crippen molar-refractivity contribution in [2.45, 2.75) is 77.5 Å². The molecule has 0 saturated carbocycles. The lowest BCUT2D eigenvalue weighted by atomic mass is 10.1. The molecule has 2 rings (SSSR count). The predicted octanol–water partition coefficient (Wildman–Crippen LogP) is 6.91. The number of unbranched alkanes of at least 4 members (excludes halogenated alkanes) is 1. The maximum absolute atomic E-state index is 13.7. The van der Waals surface area contributed by atoms with Gasteiger partial charge >= 0.3 is 18.8 Å². The molecule has 2 amide bonds. The van der Waals surface area contributed by atoms with E-state index in [1.165, 1.54) is 29.2 Å². The molecular weight excluding hydrogens is 546 g/mol. The lowest BCUT2D eigenvalue weighted by Gasteiger charge is -2.29. The third kappa shape index (κ3) is 12.5. The zero-order valence-electron chi connectivity index (χ0n) is 22.2. The molecule has 0 aromatic heterocycles. The normalized spacial score (nSPS) is 12.8. The Morgan fingerprint density at radius 3 is 1.60 bits per heavy atom. The van der Waals surface area contributed by atoms with Crippen molar-refractivity contribution in [2.24, 2.45) is 0 Å². The molecule has 2 aromatic carbocycles. The van der Waals surface area contributed by atoms with Crippen LogP contribution in [0.5, 0.6) is 11.5 Å². The molecule has 0 bridgehead atoms. The lowest BCUT2D eigenvalue weighted by molar-refractivity contribution is -0.275. The molecule has 13 heteroatoms. The van der Waals surface area contributed by atoms with Crippen LogP contribution in [0.4, 0.5) is 31.1 Å². The molecule has 0 aliphatic rings. The number of ether oxygens (including phenoxy) is 3. The van der Waals surface area contributed by atoms with Crippen molar-refractivity contribution in [1.29, 1.82) is 0 Å². The summed E-state index contributed by atoms with van der Waals surface area (Å²) < 4.78 is 88.2. The van der Waals surface area contributed by atoms with E-state index in [0.717, 1.165) is 24.3 Å². The van der Waals surface area contributed by atoms with E-state index in [4.69, 9.17) is 4.74 Å². The van der Waals surface area contributed by atoms with Gasteiger partial charge in [0.1, 0.15) is 23.1 Å². The van der Waals surface area contributed by atoms with Gasteiger partial charge in [-0.2, -0.15) is 0 Å². The Hall–Kier alpha value is -3.64. The van der Waals surface area contributed by atoms with Crippen LogP contribution >= 0.6 is 0 Å². The Bertz CT molecular complexity index is 1040. The second-order valence-corrected chi connectivity index (χ2v) is 9.77. The first-order valence-corrected chi connectivity index (χ1v) is 12.2. The van der Waals surface area contributed by atoms with Gasteiger partial charge in [-0.05, 0) is 62.6 Å². The summed E-state index contributed by atoms with van der Waals surface area (Å²) in [5.41, 5.74) is 0.0468. The van der Waals surface area contributed by atoms with Gasteiger partial charge in [0.15, 0.2) is 0 Å². The van der Waals surface area contributed by atoms with Crippen LogP contribution in [0.25, 0.3) is 0 Å². The molecule has 1 radical (unpaired) electrons. The Morgan fingerprint density at radius 2 is 1.25 bits per heavy atom. The van der Waals surface area contributed by atoms with E-state index < -0.39 is 47.9 Å². The van der Waals surface area contributed by atoms with Crippen LogP contribution in [0, 0.1) is 6.92 Å². The number of alkyl halides is 6. The van der Waals surface area contributed by atoms with Crippen molar-refractivity contribution >= 4 is 12.0 Å². The SMILES string of the molecule is [CH2]CCC[C@H](NC(=O)OC(C)(C)C)C(=O)N(Cc1ccc(OC(F)(F)F)cc1)Cc1ccc(OC(F)(F)F)cc1. The van der Waals surface area contributed by atoms with Crippen molar-refractivity contribution in [3.63, 3.8) is 0 Å². The Kier molecular flexibility index (Phi) is 11.1. The molecule has 1 atom stereocenters. The zero-order chi connectivity index (χ0) is 30.1. The number of nitrogens with zero attached hydrogens (tertiary/aromatic N) is 1. The summed E-state index contributed by atoms with van der Waals surface area (Å²) in [6, 6.07) is 8.70. The van der Waals surface area contributed by atoms with Crippen LogP contribution < -0.4 is 14.8 Å². The van der Waals surface area contributed by atoms with Gasteiger partial charge in [-0.1, -0.05) is 44.0 Å². The largest absolute Gasteiger partial charge is 0.573 e. The monoisotopic (exact) mass is 577 g/mol. The number of hydrogen-bond donors (Lipinski definition) is 1. The van der Waals surface area contributed by atoms with Gasteiger partial charge in [-0.25, -0.2) is 4.79 Å². The van der Waals surface area contributed by atoms with Gasteiger partial charge in [0.25, 0.3) is 0 Å². The van der Waals surface area contributed by atoms with Crippen molar-refractivity contribution in [3.8, 4) is 11.5 Å². The first kappa shape index (κ1) is 32.6. The van der Waals surface area contributed by atoms with Gasteiger partial charge < -0.3 is 24.4 Å². The van der Waals surface area contributed by atoms with Crippen LogP contribution in [0.2, 0.25) is 0 Å². The molecule has 0 aliphatic heterocycles. The first-order valence-electron chi connectivity index (χ1n) is 12.2. The third-order valence-corrected chi connectivity index (χ3v) is 5.10. The number of nitrogens with one attached hydrogen (secondary N) is 1. The number of halogens is 6. The molecule has 0 unspecified atom stereocenters. The molecule has 0 spiro atoms. The molecule has 0 aliphatic carbocycles. The maximum Gasteiger partial charge on any atom is 0.573 e. The predicted molar refractivity (Wildman–Crippen MR) is 133 cm³/mol. The summed E-state index contributed by atoms with van der Waals surface area (Å²) in [5, 5.41) is 2.56. The van der Waals surface area contributed by atoms with Gasteiger partial charge in [0.05, 0.1) is 0 Å². The number of alkyl carbamates (subject to hydrolysis) is 1. The minimum Gasteiger partial charge on any atom is -0.444 e. The van der Waals surface area contributed by atoms with E-state index >= 15 is 0 Å². The van der Waals surface area contributed by atoms with E-state index in [9.17, 15) is 35.9 Å². The molecule has 40 heavy (non-hydrogen) atoms. The van der Waals surface area contributed by atoms with Gasteiger partial charge in [0, 0.05) is 13.1 Å². The number of amides is 2. The minimum absolute atomic E-state index is 0.0944. The number of benzene rings is 2. The van der Waals surface area contributed by atoms with Crippen LogP contribution in [-0.4, -0.2) is 41.3 Å². The second kappa shape index (κ2) is 13.6.